The van der Waals surface area contributed by atoms with Crippen LogP contribution in [0.25, 0.3) is 0 Å². The van der Waals surface area contributed by atoms with Gasteiger partial charge in [0.1, 0.15) is 11.1 Å². The summed E-state index contributed by atoms with van der Waals surface area (Å²) in [6.45, 7) is 9.83. The second kappa shape index (κ2) is 6.89. The van der Waals surface area contributed by atoms with Crippen LogP contribution in [0, 0.1) is 0 Å². The summed E-state index contributed by atoms with van der Waals surface area (Å²) in [7, 11) is 0. The predicted octanol–water partition coefficient (Wildman–Crippen LogP) is 2.04. The molecule has 0 aromatic heterocycles. The fourth-order valence-corrected chi connectivity index (χ4v) is 3.42. The molecule has 1 spiro atoms. The fraction of sp³-hybridized carbons (Fsp3) is 0.579. The number of piperazine rings is 1. The smallest absolute Gasteiger partial charge is 0.410 e. The van der Waals surface area contributed by atoms with Crippen LogP contribution in [0.4, 0.5) is 4.79 Å². The van der Waals surface area contributed by atoms with Crippen LogP contribution >= 0.6 is 0 Å². The summed E-state index contributed by atoms with van der Waals surface area (Å²) < 4.78 is 5.43. The largest absolute Gasteiger partial charge is 0.444 e. The highest BCUT2D eigenvalue weighted by Crippen LogP contribution is 2.33. The van der Waals surface area contributed by atoms with Crippen LogP contribution in [0.2, 0.25) is 0 Å². The Morgan fingerprint density at radius 3 is 2.46 bits per heavy atom. The summed E-state index contributed by atoms with van der Waals surface area (Å²) in [5.74, 6) is -0.380. The van der Waals surface area contributed by atoms with E-state index in [1.165, 1.54) is 0 Å². The van der Waals surface area contributed by atoms with Gasteiger partial charge in [-0.25, -0.2) is 9.59 Å². The standard InChI is InChI=1S/C19H27N3O4/c1-14-10-20-11-19(12-21(13-19)17(24)25-18(2,3)4)22(14)26-16(23)15-8-6-5-7-9-15/h5-9,14,20H,10-13H2,1-4H3/t14-/m0/s1. The van der Waals surface area contributed by atoms with Gasteiger partial charge < -0.3 is 19.8 Å². The molecule has 2 aliphatic rings. The lowest BCUT2D eigenvalue weighted by atomic mass is 9.86. The molecule has 1 amide bonds. The van der Waals surface area contributed by atoms with E-state index < -0.39 is 11.1 Å². The molecule has 7 heteroatoms. The van der Waals surface area contributed by atoms with Crippen molar-refractivity contribution in [3.8, 4) is 0 Å². The van der Waals surface area contributed by atoms with Gasteiger partial charge in [0.15, 0.2) is 0 Å². The van der Waals surface area contributed by atoms with Crippen LogP contribution in [-0.4, -0.2) is 65.4 Å². The van der Waals surface area contributed by atoms with Crippen molar-refractivity contribution in [1.82, 2.24) is 15.3 Å². The maximum atomic E-state index is 12.5. The molecular weight excluding hydrogens is 334 g/mol. The number of nitrogens with one attached hydrogen (secondary N) is 1. The quantitative estimate of drug-likeness (QED) is 0.869. The molecule has 1 N–H and O–H groups in total. The van der Waals surface area contributed by atoms with Crippen molar-refractivity contribution in [3.63, 3.8) is 0 Å². The van der Waals surface area contributed by atoms with Crippen molar-refractivity contribution in [1.29, 1.82) is 0 Å². The van der Waals surface area contributed by atoms with Gasteiger partial charge >= 0.3 is 12.1 Å². The first-order chi connectivity index (χ1) is 12.2. The van der Waals surface area contributed by atoms with Gasteiger partial charge in [0, 0.05) is 26.2 Å². The molecule has 2 fully saturated rings. The van der Waals surface area contributed by atoms with E-state index in [0.29, 0.717) is 25.2 Å². The Hall–Kier alpha value is -2.12. The number of nitrogens with zero attached hydrogens (tertiary/aromatic N) is 2. The van der Waals surface area contributed by atoms with E-state index in [1.807, 2.05) is 33.8 Å². The Morgan fingerprint density at radius 2 is 1.85 bits per heavy atom. The van der Waals surface area contributed by atoms with Gasteiger partial charge in [-0.15, -0.1) is 5.06 Å². The molecule has 1 aromatic carbocycles. The van der Waals surface area contributed by atoms with Crippen LogP contribution in [0.1, 0.15) is 38.1 Å². The molecular formula is C19H27N3O4. The van der Waals surface area contributed by atoms with E-state index in [4.69, 9.17) is 9.57 Å². The predicted molar refractivity (Wildman–Crippen MR) is 96.6 cm³/mol. The molecule has 0 radical (unpaired) electrons. The molecule has 2 aliphatic heterocycles. The first kappa shape index (κ1) is 18.7. The van der Waals surface area contributed by atoms with E-state index in [1.54, 1.807) is 34.2 Å². The third kappa shape index (κ3) is 3.83. The minimum atomic E-state index is -0.530. The molecule has 1 aromatic rings. The summed E-state index contributed by atoms with van der Waals surface area (Å²) >= 11 is 0. The number of rotatable bonds is 2. The zero-order chi connectivity index (χ0) is 18.9. The van der Waals surface area contributed by atoms with Crippen molar-refractivity contribution in [2.75, 3.05) is 26.2 Å². The summed E-state index contributed by atoms with van der Waals surface area (Å²) in [6.07, 6.45) is -0.337. The summed E-state index contributed by atoms with van der Waals surface area (Å²) in [6, 6.07) is 8.95. The second-order valence-corrected chi connectivity index (χ2v) is 8.11. The van der Waals surface area contributed by atoms with Crippen LogP contribution in [0.15, 0.2) is 30.3 Å². The van der Waals surface area contributed by atoms with Crippen molar-refractivity contribution in [2.24, 2.45) is 0 Å². The monoisotopic (exact) mass is 361 g/mol. The lowest BCUT2D eigenvalue weighted by Gasteiger charge is -2.57. The van der Waals surface area contributed by atoms with Gasteiger partial charge in [-0.1, -0.05) is 18.2 Å². The number of benzene rings is 1. The fourth-order valence-electron chi connectivity index (χ4n) is 3.42. The van der Waals surface area contributed by atoms with E-state index in [2.05, 4.69) is 5.32 Å². The molecule has 0 bridgehead atoms. The molecule has 0 unspecified atom stereocenters. The highest BCUT2D eigenvalue weighted by Gasteiger charge is 2.55. The molecule has 3 rings (SSSR count). The summed E-state index contributed by atoms with van der Waals surface area (Å²) in [4.78, 5) is 32.2. The van der Waals surface area contributed by atoms with Crippen LogP contribution in [-0.2, 0) is 9.57 Å². The Morgan fingerprint density at radius 1 is 1.19 bits per heavy atom. The van der Waals surface area contributed by atoms with Gasteiger partial charge in [-0.05, 0) is 39.8 Å². The Bertz CT molecular complexity index is 665. The van der Waals surface area contributed by atoms with Crippen molar-refractivity contribution in [3.05, 3.63) is 35.9 Å². The Labute approximate surface area is 154 Å². The normalized spacial score (nSPS) is 22.6. The lowest BCUT2D eigenvalue weighted by Crippen LogP contribution is -2.79. The SMILES string of the molecule is C[C@H]1CNCC2(CN(C(=O)OC(C)(C)C)C2)N1OC(=O)c1ccccc1. The number of hydrogen-bond donors (Lipinski definition) is 1. The maximum Gasteiger partial charge on any atom is 0.410 e. The van der Waals surface area contributed by atoms with Gasteiger partial charge in [-0.3, -0.25) is 0 Å². The summed E-state index contributed by atoms with van der Waals surface area (Å²) in [5.41, 5.74) is -0.437. The van der Waals surface area contributed by atoms with E-state index in [-0.39, 0.29) is 18.1 Å². The number of ether oxygens (including phenoxy) is 1. The van der Waals surface area contributed by atoms with Gasteiger partial charge in [0.2, 0.25) is 0 Å². The van der Waals surface area contributed by atoms with Crippen LogP contribution in [0.3, 0.4) is 0 Å². The third-order valence-electron chi connectivity index (χ3n) is 4.57. The Balaban J connectivity index is 1.68. The highest BCUT2D eigenvalue weighted by molar-refractivity contribution is 5.89. The molecule has 142 valence electrons. The highest BCUT2D eigenvalue weighted by atomic mass is 16.7. The van der Waals surface area contributed by atoms with E-state index in [0.717, 1.165) is 6.54 Å². The minimum Gasteiger partial charge on any atom is -0.444 e. The summed E-state index contributed by atoms with van der Waals surface area (Å²) in [5, 5.41) is 5.13. The van der Waals surface area contributed by atoms with Gasteiger partial charge in [0.25, 0.3) is 0 Å². The van der Waals surface area contributed by atoms with Crippen molar-refractivity contribution in [2.45, 2.75) is 44.9 Å². The lowest BCUT2D eigenvalue weighted by molar-refractivity contribution is -0.244. The topological polar surface area (TPSA) is 71.1 Å². The average Bonchev–Trinajstić information content (AvgIpc) is 2.53. The van der Waals surface area contributed by atoms with Crippen LogP contribution < -0.4 is 5.32 Å². The molecule has 7 nitrogen and oxygen atoms in total. The minimum absolute atomic E-state index is 0.0113. The second-order valence-electron chi connectivity index (χ2n) is 8.11. The first-order valence-electron chi connectivity index (χ1n) is 8.96. The Kier molecular flexibility index (Phi) is 4.94. The van der Waals surface area contributed by atoms with Gasteiger partial charge in [0.05, 0.1) is 11.6 Å². The third-order valence-corrected chi connectivity index (χ3v) is 4.57. The maximum absolute atomic E-state index is 12.5. The molecule has 2 saturated heterocycles. The van der Waals surface area contributed by atoms with E-state index >= 15 is 0 Å². The zero-order valence-electron chi connectivity index (χ0n) is 15.8. The number of hydrogen-bond acceptors (Lipinski definition) is 6. The average molecular weight is 361 g/mol. The number of carbonyl (C=O) groups excluding carboxylic acids is 2. The molecule has 0 saturated carbocycles. The number of hydroxylamine groups is 2. The molecule has 2 heterocycles. The first-order valence-corrected chi connectivity index (χ1v) is 8.96. The molecule has 1 atom stereocenters. The zero-order valence-corrected chi connectivity index (χ0v) is 15.8. The molecule has 0 aliphatic carbocycles. The van der Waals surface area contributed by atoms with Crippen LogP contribution in [0.5, 0.6) is 0 Å². The number of likely N-dealkylation sites (tertiary alicyclic amines) is 1. The van der Waals surface area contributed by atoms with E-state index in [9.17, 15) is 9.59 Å². The number of amides is 1. The van der Waals surface area contributed by atoms with Gasteiger partial charge in [-0.2, -0.15) is 0 Å². The van der Waals surface area contributed by atoms with Crippen molar-refractivity contribution < 1.29 is 19.2 Å². The number of carbonyl (C=O) groups is 2. The van der Waals surface area contributed by atoms with Crippen molar-refractivity contribution >= 4 is 12.1 Å². The molecule has 26 heavy (non-hydrogen) atoms.